The summed E-state index contributed by atoms with van der Waals surface area (Å²) in [5.41, 5.74) is 1.11. The van der Waals surface area contributed by atoms with E-state index in [0.717, 1.165) is 0 Å². The zero-order chi connectivity index (χ0) is 15.6. The van der Waals surface area contributed by atoms with Crippen molar-refractivity contribution in [1.82, 2.24) is 0 Å². The number of ether oxygens (including phenoxy) is 1. The predicted octanol–water partition coefficient (Wildman–Crippen LogP) is 4.70. The van der Waals surface area contributed by atoms with E-state index in [4.69, 9.17) is 27.9 Å². The number of carbonyl (C=O) groups is 1. The van der Waals surface area contributed by atoms with Crippen molar-refractivity contribution in [1.29, 1.82) is 0 Å². The van der Waals surface area contributed by atoms with Gasteiger partial charge in [-0.2, -0.15) is 0 Å². The van der Waals surface area contributed by atoms with Crippen LogP contribution < -0.4 is 10.1 Å². The molecular formula is C15H12Cl2FNO2. The molecule has 0 unspecified atom stereocenters. The molecule has 2 aromatic rings. The number of benzene rings is 2. The van der Waals surface area contributed by atoms with Crippen LogP contribution in [0.4, 0.5) is 10.1 Å². The number of amides is 1. The van der Waals surface area contributed by atoms with E-state index >= 15 is 0 Å². The Morgan fingerprint density at radius 3 is 2.33 bits per heavy atom. The van der Waals surface area contributed by atoms with Gasteiger partial charge in [-0.1, -0.05) is 29.3 Å². The molecule has 0 fully saturated rings. The van der Waals surface area contributed by atoms with E-state index in [-0.39, 0.29) is 15.6 Å². The highest BCUT2D eigenvalue weighted by Crippen LogP contribution is 2.34. The highest BCUT2D eigenvalue weighted by Gasteiger charge is 2.14. The molecule has 0 aliphatic rings. The monoisotopic (exact) mass is 327 g/mol. The highest BCUT2D eigenvalue weighted by atomic mass is 35.5. The zero-order valence-corrected chi connectivity index (χ0v) is 12.8. The SMILES string of the molecule is COc1c(Cl)cc(C(=O)Nc2ccc(C)c(F)c2)cc1Cl. The number of hydrogen-bond acceptors (Lipinski definition) is 2. The fraction of sp³-hybridized carbons (Fsp3) is 0.133. The van der Waals surface area contributed by atoms with Gasteiger partial charge in [0, 0.05) is 11.3 Å². The molecule has 0 aliphatic heterocycles. The first-order valence-corrected chi connectivity index (χ1v) is 6.78. The quantitative estimate of drug-likeness (QED) is 0.887. The average molecular weight is 328 g/mol. The second-order valence-electron chi connectivity index (χ2n) is 4.39. The summed E-state index contributed by atoms with van der Waals surface area (Å²) in [5, 5.41) is 3.04. The molecule has 2 aromatic carbocycles. The van der Waals surface area contributed by atoms with Crippen molar-refractivity contribution < 1.29 is 13.9 Å². The van der Waals surface area contributed by atoms with Crippen LogP contribution in [0.1, 0.15) is 15.9 Å². The lowest BCUT2D eigenvalue weighted by molar-refractivity contribution is 0.102. The summed E-state index contributed by atoms with van der Waals surface area (Å²) < 4.78 is 18.5. The number of hydrogen-bond donors (Lipinski definition) is 1. The first-order valence-electron chi connectivity index (χ1n) is 6.03. The maximum atomic E-state index is 13.4. The van der Waals surface area contributed by atoms with Gasteiger partial charge < -0.3 is 10.1 Å². The summed E-state index contributed by atoms with van der Waals surface area (Å²) in [6.07, 6.45) is 0. The number of nitrogens with one attached hydrogen (secondary N) is 1. The lowest BCUT2D eigenvalue weighted by Crippen LogP contribution is -2.12. The Hall–Kier alpha value is -1.78. The third kappa shape index (κ3) is 3.46. The van der Waals surface area contributed by atoms with Crippen LogP contribution in [-0.4, -0.2) is 13.0 Å². The molecule has 0 bridgehead atoms. The van der Waals surface area contributed by atoms with Gasteiger partial charge in [0.2, 0.25) is 0 Å². The summed E-state index contributed by atoms with van der Waals surface area (Å²) in [4.78, 5) is 12.1. The van der Waals surface area contributed by atoms with E-state index in [1.165, 1.54) is 25.3 Å². The minimum absolute atomic E-state index is 0.227. The molecular weight excluding hydrogens is 316 g/mol. The number of halogens is 3. The summed E-state index contributed by atoms with van der Waals surface area (Å²) in [6.45, 7) is 1.64. The van der Waals surface area contributed by atoms with Gasteiger partial charge >= 0.3 is 0 Å². The van der Waals surface area contributed by atoms with Crippen molar-refractivity contribution in [3.63, 3.8) is 0 Å². The maximum absolute atomic E-state index is 13.4. The fourth-order valence-corrected chi connectivity index (χ4v) is 2.40. The molecule has 0 spiro atoms. The first-order chi connectivity index (χ1) is 9.92. The smallest absolute Gasteiger partial charge is 0.255 e. The van der Waals surface area contributed by atoms with Gasteiger partial charge in [0.15, 0.2) is 5.75 Å². The van der Waals surface area contributed by atoms with Gasteiger partial charge in [-0.25, -0.2) is 4.39 Å². The molecule has 1 amide bonds. The number of carbonyl (C=O) groups excluding carboxylic acids is 1. The van der Waals surface area contributed by atoms with Crippen LogP contribution in [-0.2, 0) is 0 Å². The van der Waals surface area contributed by atoms with Crippen LogP contribution >= 0.6 is 23.2 Å². The zero-order valence-electron chi connectivity index (χ0n) is 11.3. The molecule has 0 heterocycles. The van der Waals surface area contributed by atoms with Crippen LogP contribution in [0.15, 0.2) is 30.3 Å². The second-order valence-corrected chi connectivity index (χ2v) is 5.21. The van der Waals surface area contributed by atoms with Crippen molar-refractivity contribution >= 4 is 34.8 Å². The van der Waals surface area contributed by atoms with Gasteiger partial charge in [-0.3, -0.25) is 4.79 Å². The molecule has 110 valence electrons. The van der Waals surface area contributed by atoms with Crippen molar-refractivity contribution in [2.45, 2.75) is 6.92 Å². The molecule has 1 N–H and O–H groups in total. The summed E-state index contributed by atoms with van der Waals surface area (Å²) in [5.74, 6) is -0.528. The lowest BCUT2D eigenvalue weighted by Gasteiger charge is -2.10. The van der Waals surface area contributed by atoms with Crippen molar-refractivity contribution in [2.75, 3.05) is 12.4 Å². The van der Waals surface area contributed by atoms with Crippen LogP contribution in [0.2, 0.25) is 10.0 Å². The molecule has 2 rings (SSSR count). The molecule has 6 heteroatoms. The minimum Gasteiger partial charge on any atom is -0.494 e. The van der Waals surface area contributed by atoms with Crippen molar-refractivity contribution in [3.05, 3.63) is 57.3 Å². The third-order valence-electron chi connectivity index (χ3n) is 2.89. The van der Waals surface area contributed by atoms with Gasteiger partial charge in [-0.15, -0.1) is 0 Å². The maximum Gasteiger partial charge on any atom is 0.255 e. The average Bonchev–Trinajstić information content (AvgIpc) is 2.42. The van der Waals surface area contributed by atoms with Crippen molar-refractivity contribution in [2.24, 2.45) is 0 Å². The van der Waals surface area contributed by atoms with E-state index in [2.05, 4.69) is 5.32 Å². The summed E-state index contributed by atoms with van der Waals surface area (Å²) in [6, 6.07) is 7.32. The van der Waals surface area contributed by atoms with E-state index in [1.807, 2.05) is 0 Å². The Labute approximate surface area is 131 Å². The highest BCUT2D eigenvalue weighted by molar-refractivity contribution is 6.37. The number of methoxy groups -OCH3 is 1. The summed E-state index contributed by atoms with van der Waals surface area (Å²) in [7, 11) is 1.43. The number of rotatable bonds is 3. The van der Waals surface area contributed by atoms with E-state index in [0.29, 0.717) is 17.0 Å². The van der Waals surface area contributed by atoms with Crippen LogP contribution in [0.25, 0.3) is 0 Å². The minimum atomic E-state index is -0.440. The summed E-state index contributed by atoms with van der Waals surface area (Å²) >= 11 is 12.0. The second kappa shape index (κ2) is 6.33. The van der Waals surface area contributed by atoms with Crippen LogP contribution in [0.5, 0.6) is 5.75 Å². The lowest BCUT2D eigenvalue weighted by atomic mass is 10.1. The van der Waals surface area contributed by atoms with Crippen LogP contribution in [0, 0.1) is 12.7 Å². The molecule has 0 aliphatic carbocycles. The standard InChI is InChI=1S/C15H12Cl2FNO2/c1-8-3-4-10(7-13(8)18)19-15(20)9-5-11(16)14(21-2)12(17)6-9/h3-7H,1-2H3,(H,19,20). The molecule has 0 saturated heterocycles. The molecule has 0 aromatic heterocycles. The Balaban J connectivity index is 2.26. The van der Waals surface area contributed by atoms with Crippen molar-refractivity contribution in [3.8, 4) is 5.75 Å². The first kappa shape index (κ1) is 15.6. The number of anilines is 1. The Bertz CT molecular complexity index is 681. The molecule has 3 nitrogen and oxygen atoms in total. The van der Waals surface area contributed by atoms with E-state index < -0.39 is 11.7 Å². The van der Waals surface area contributed by atoms with Gasteiger partial charge in [0.25, 0.3) is 5.91 Å². The fourth-order valence-electron chi connectivity index (χ4n) is 1.76. The molecule has 0 radical (unpaired) electrons. The van der Waals surface area contributed by atoms with Gasteiger partial charge in [-0.05, 0) is 36.8 Å². The largest absolute Gasteiger partial charge is 0.494 e. The Morgan fingerprint density at radius 2 is 1.81 bits per heavy atom. The molecule has 21 heavy (non-hydrogen) atoms. The topological polar surface area (TPSA) is 38.3 Å². The molecule has 0 saturated carbocycles. The van der Waals surface area contributed by atoms with Crippen LogP contribution in [0.3, 0.4) is 0 Å². The Morgan fingerprint density at radius 1 is 1.19 bits per heavy atom. The van der Waals surface area contributed by atoms with Gasteiger partial charge in [0.05, 0.1) is 17.2 Å². The Kier molecular flexibility index (Phi) is 4.70. The normalized spacial score (nSPS) is 10.3. The van der Waals surface area contributed by atoms with E-state index in [1.54, 1.807) is 19.1 Å². The van der Waals surface area contributed by atoms with Gasteiger partial charge in [0.1, 0.15) is 5.82 Å². The number of aryl methyl sites for hydroxylation is 1. The van der Waals surface area contributed by atoms with E-state index in [9.17, 15) is 9.18 Å². The molecule has 0 atom stereocenters. The third-order valence-corrected chi connectivity index (χ3v) is 3.46. The predicted molar refractivity (Wildman–Crippen MR) is 82.1 cm³/mol.